The Hall–Kier alpha value is -2.55. The first-order valence-corrected chi connectivity index (χ1v) is 8.82. The number of hydrogen-bond acceptors (Lipinski definition) is 7. The van der Waals surface area contributed by atoms with Crippen LogP contribution < -0.4 is 15.4 Å². The van der Waals surface area contributed by atoms with Crippen LogP contribution in [0.3, 0.4) is 0 Å². The third kappa shape index (κ3) is 3.64. The molecule has 0 spiro atoms. The number of alkyl halides is 2. The Bertz CT molecular complexity index is 854. The zero-order valence-electron chi connectivity index (χ0n) is 14.9. The number of hydrogen-bond donors (Lipinski definition) is 2. The van der Waals surface area contributed by atoms with E-state index in [0.29, 0.717) is 30.3 Å². The molecule has 1 saturated carbocycles. The number of aliphatic hydroxyl groups excluding tert-OH is 1. The highest BCUT2D eigenvalue weighted by atomic mass is 19.3. The topological polar surface area (TPSA) is 97.4 Å². The Labute approximate surface area is 155 Å². The Morgan fingerprint density at radius 3 is 2.70 bits per heavy atom. The van der Waals surface area contributed by atoms with Crippen molar-refractivity contribution in [1.29, 1.82) is 0 Å². The van der Waals surface area contributed by atoms with Crippen LogP contribution in [0.2, 0.25) is 0 Å². The predicted molar refractivity (Wildman–Crippen MR) is 95.7 cm³/mol. The van der Waals surface area contributed by atoms with Gasteiger partial charge in [-0.2, -0.15) is 8.78 Å². The number of aliphatic hydroxyl groups is 1. The molecule has 0 amide bonds. The molecule has 2 aromatic rings. The zero-order valence-corrected chi connectivity index (χ0v) is 14.9. The summed E-state index contributed by atoms with van der Waals surface area (Å²) < 4.78 is 29.6. The number of nitrogens with zero attached hydrogens (tertiary/aromatic N) is 4. The van der Waals surface area contributed by atoms with Crippen LogP contribution in [0, 0.1) is 5.41 Å². The highest BCUT2D eigenvalue weighted by Gasteiger charge is 2.39. The lowest BCUT2D eigenvalue weighted by Gasteiger charge is -2.47. The van der Waals surface area contributed by atoms with Gasteiger partial charge in [0, 0.05) is 42.2 Å². The van der Waals surface area contributed by atoms with Crippen molar-refractivity contribution in [2.24, 2.45) is 5.41 Å². The predicted octanol–water partition coefficient (Wildman–Crippen LogP) is 2.42. The molecular formula is C18H21F2N5O2. The Morgan fingerprint density at radius 2 is 2.07 bits per heavy atom. The lowest BCUT2D eigenvalue weighted by molar-refractivity contribution is -0.0494. The fraction of sp³-hybridized carbons (Fsp3) is 0.500. The van der Waals surface area contributed by atoms with Crippen molar-refractivity contribution in [1.82, 2.24) is 15.0 Å². The molecule has 0 unspecified atom stereocenters. The van der Waals surface area contributed by atoms with E-state index in [0.717, 1.165) is 24.5 Å². The van der Waals surface area contributed by atoms with Gasteiger partial charge in [-0.05, 0) is 18.9 Å². The summed E-state index contributed by atoms with van der Waals surface area (Å²) in [6.45, 7) is 0.552. The lowest BCUT2D eigenvalue weighted by atomic mass is 9.83. The second-order valence-electron chi connectivity index (χ2n) is 7.55. The van der Waals surface area contributed by atoms with Gasteiger partial charge in [-0.3, -0.25) is 0 Å². The molecule has 0 atom stereocenters. The van der Waals surface area contributed by atoms with Crippen LogP contribution in [-0.2, 0) is 0 Å². The fourth-order valence-corrected chi connectivity index (χ4v) is 3.21. The minimum Gasteiger partial charge on any atom is -0.431 e. The van der Waals surface area contributed by atoms with Crippen LogP contribution in [0.1, 0.15) is 31.5 Å². The third-order valence-electron chi connectivity index (χ3n) is 4.92. The Morgan fingerprint density at radius 1 is 1.33 bits per heavy atom. The molecule has 3 heterocycles. The summed E-state index contributed by atoms with van der Waals surface area (Å²) in [4.78, 5) is 15.3. The van der Waals surface area contributed by atoms with E-state index in [1.807, 2.05) is 13.0 Å². The van der Waals surface area contributed by atoms with Gasteiger partial charge in [0.05, 0.1) is 12.3 Å². The molecule has 1 aliphatic carbocycles. The first-order chi connectivity index (χ1) is 12.9. The van der Waals surface area contributed by atoms with Gasteiger partial charge in [0.15, 0.2) is 11.6 Å². The molecule has 0 aromatic carbocycles. The molecule has 0 radical (unpaired) electrons. The number of anilines is 2. The average Bonchev–Trinajstić information content (AvgIpc) is 3.45. The van der Waals surface area contributed by atoms with Gasteiger partial charge in [-0.1, -0.05) is 6.92 Å². The van der Waals surface area contributed by atoms with E-state index >= 15 is 0 Å². The highest BCUT2D eigenvalue weighted by molar-refractivity contribution is 5.67. The lowest BCUT2D eigenvalue weighted by Crippen LogP contribution is -2.57. The van der Waals surface area contributed by atoms with Gasteiger partial charge < -0.3 is 20.5 Å². The van der Waals surface area contributed by atoms with Crippen molar-refractivity contribution in [2.45, 2.75) is 32.3 Å². The van der Waals surface area contributed by atoms with Gasteiger partial charge in [-0.15, -0.1) is 0 Å². The van der Waals surface area contributed by atoms with Gasteiger partial charge in [0.1, 0.15) is 11.6 Å². The number of nitrogen functional groups attached to an aromatic ring is 1. The molecule has 2 aliphatic rings. The number of ether oxygens (including phenoxy) is 1. The summed E-state index contributed by atoms with van der Waals surface area (Å²) in [5, 5.41) is 9.47. The minimum atomic E-state index is -2.98. The van der Waals surface area contributed by atoms with Crippen LogP contribution in [0.4, 0.5) is 20.4 Å². The molecule has 2 fully saturated rings. The molecule has 9 heteroatoms. The SMILES string of the molecule is CC1(CO)CN(c2cc(-c3cnc(N)c(OC(F)F)c3)nc(C3CC3)n2)C1. The number of halogens is 2. The van der Waals surface area contributed by atoms with E-state index in [4.69, 9.17) is 5.73 Å². The van der Waals surface area contributed by atoms with Crippen LogP contribution in [0.25, 0.3) is 11.3 Å². The molecule has 4 rings (SSSR count). The van der Waals surface area contributed by atoms with Crippen molar-refractivity contribution in [2.75, 3.05) is 30.3 Å². The molecular weight excluding hydrogens is 356 g/mol. The van der Waals surface area contributed by atoms with Gasteiger partial charge in [0.2, 0.25) is 0 Å². The van der Waals surface area contributed by atoms with Crippen molar-refractivity contribution in [3.63, 3.8) is 0 Å². The maximum Gasteiger partial charge on any atom is 0.387 e. The zero-order chi connectivity index (χ0) is 19.2. The van der Waals surface area contributed by atoms with Gasteiger partial charge in [-0.25, -0.2) is 15.0 Å². The van der Waals surface area contributed by atoms with E-state index < -0.39 is 6.61 Å². The molecule has 1 aliphatic heterocycles. The van der Waals surface area contributed by atoms with E-state index in [2.05, 4.69) is 24.6 Å². The van der Waals surface area contributed by atoms with E-state index in [9.17, 15) is 13.9 Å². The summed E-state index contributed by atoms with van der Waals surface area (Å²) in [6.07, 6.45) is 3.57. The highest BCUT2D eigenvalue weighted by Crippen LogP contribution is 2.41. The van der Waals surface area contributed by atoms with Crippen molar-refractivity contribution in [3.8, 4) is 17.0 Å². The monoisotopic (exact) mass is 377 g/mol. The smallest absolute Gasteiger partial charge is 0.387 e. The summed E-state index contributed by atoms with van der Waals surface area (Å²) in [7, 11) is 0. The quantitative estimate of drug-likeness (QED) is 0.798. The van der Waals surface area contributed by atoms with Crippen molar-refractivity contribution < 1.29 is 18.6 Å². The summed E-state index contributed by atoms with van der Waals surface area (Å²) in [5.74, 6) is 1.56. The Balaban J connectivity index is 1.68. The van der Waals surface area contributed by atoms with E-state index in [-0.39, 0.29) is 23.6 Å². The number of aromatic nitrogens is 3. The molecule has 27 heavy (non-hydrogen) atoms. The van der Waals surface area contributed by atoms with Crippen LogP contribution in [0.5, 0.6) is 5.75 Å². The first kappa shape index (κ1) is 17.8. The molecule has 2 aromatic heterocycles. The molecule has 7 nitrogen and oxygen atoms in total. The maximum absolute atomic E-state index is 12.6. The summed E-state index contributed by atoms with van der Waals surface area (Å²) in [6, 6.07) is 3.23. The third-order valence-corrected chi connectivity index (χ3v) is 4.92. The summed E-state index contributed by atoms with van der Waals surface area (Å²) >= 11 is 0. The van der Waals surface area contributed by atoms with Crippen LogP contribution in [-0.4, -0.2) is 46.4 Å². The van der Waals surface area contributed by atoms with Crippen molar-refractivity contribution >= 4 is 11.6 Å². The summed E-state index contributed by atoms with van der Waals surface area (Å²) in [5.41, 5.74) is 6.62. The number of rotatable bonds is 6. The second-order valence-corrected chi connectivity index (χ2v) is 7.55. The first-order valence-electron chi connectivity index (χ1n) is 8.82. The fourth-order valence-electron chi connectivity index (χ4n) is 3.21. The van der Waals surface area contributed by atoms with E-state index in [1.54, 1.807) is 0 Å². The number of nitrogens with two attached hydrogens (primary N) is 1. The number of pyridine rings is 1. The van der Waals surface area contributed by atoms with E-state index in [1.165, 1.54) is 12.3 Å². The van der Waals surface area contributed by atoms with Crippen molar-refractivity contribution in [3.05, 3.63) is 24.2 Å². The van der Waals surface area contributed by atoms with Gasteiger partial charge >= 0.3 is 6.61 Å². The largest absolute Gasteiger partial charge is 0.431 e. The van der Waals surface area contributed by atoms with Crippen LogP contribution >= 0.6 is 0 Å². The minimum absolute atomic E-state index is 0.0998. The average molecular weight is 377 g/mol. The van der Waals surface area contributed by atoms with Crippen LogP contribution in [0.15, 0.2) is 18.3 Å². The normalized spacial score (nSPS) is 18.5. The second kappa shape index (κ2) is 6.56. The Kier molecular flexibility index (Phi) is 4.33. The van der Waals surface area contributed by atoms with Gasteiger partial charge in [0.25, 0.3) is 0 Å². The molecule has 144 valence electrons. The standard InChI is InChI=1S/C18H21F2N5O2/c1-18(9-26)7-25(8-18)14-5-12(23-16(24-14)10-2-3-10)11-4-13(27-17(19)20)15(21)22-6-11/h4-6,10,17,26H,2-3,7-9H2,1H3,(H2,21,22). The molecule has 1 saturated heterocycles. The maximum atomic E-state index is 12.6. The molecule has 3 N–H and O–H groups in total. The molecule has 0 bridgehead atoms.